The van der Waals surface area contributed by atoms with Crippen molar-refractivity contribution < 1.29 is 4.79 Å². The second-order valence-electron chi connectivity index (χ2n) is 4.48. The van der Waals surface area contributed by atoms with E-state index >= 15 is 0 Å². The molecule has 2 unspecified atom stereocenters. The normalized spacial score (nSPS) is 21.9. The van der Waals surface area contributed by atoms with E-state index < -0.39 is 0 Å². The molecule has 94 valence electrons. The van der Waals surface area contributed by atoms with Gasteiger partial charge in [-0.05, 0) is 25.8 Å². The number of nitrogens with two attached hydrogens (primary N) is 1. The average molecular weight is 261 g/mol. The third-order valence-corrected chi connectivity index (χ3v) is 4.31. The van der Waals surface area contributed by atoms with Crippen LogP contribution in [0.2, 0.25) is 0 Å². The van der Waals surface area contributed by atoms with Crippen molar-refractivity contribution in [3.8, 4) is 6.07 Å². The monoisotopic (exact) mass is 261 g/mol. The summed E-state index contributed by atoms with van der Waals surface area (Å²) >= 11 is 1.44. The van der Waals surface area contributed by atoms with Crippen LogP contribution in [0.25, 0.3) is 0 Å². The molecular weight excluding hydrogens is 246 g/mol. The number of carbonyl (C=O) groups is 1. The second kappa shape index (κ2) is 4.92. The van der Waals surface area contributed by atoms with Crippen LogP contribution >= 0.6 is 11.3 Å². The fraction of sp³-hybridized carbons (Fsp3) is 0.385. The van der Waals surface area contributed by atoms with Gasteiger partial charge in [-0.25, -0.2) is 0 Å². The van der Waals surface area contributed by atoms with E-state index in [2.05, 4.69) is 11.4 Å². The molecule has 2 rings (SSSR count). The van der Waals surface area contributed by atoms with Crippen LogP contribution in [0.1, 0.15) is 22.4 Å². The zero-order valence-electron chi connectivity index (χ0n) is 10.4. The molecule has 5 heteroatoms. The Morgan fingerprint density at radius 2 is 2.28 bits per heavy atom. The van der Waals surface area contributed by atoms with Gasteiger partial charge in [0.2, 0.25) is 5.91 Å². The Hall–Kier alpha value is -1.64. The summed E-state index contributed by atoms with van der Waals surface area (Å²) in [6.07, 6.45) is 4.32. The molecule has 3 N–H and O–H groups in total. The van der Waals surface area contributed by atoms with Gasteiger partial charge in [0, 0.05) is 10.9 Å². The highest BCUT2D eigenvalue weighted by Gasteiger charge is 2.24. The quantitative estimate of drug-likeness (QED) is 0.800. The van der Waals surface area contributed by atoms with Gasteiger partial charge in [0.1, 0.15) is 11.1 Å². The van der Waals surface area contributed by atoms with E-state index in [1.807, 2.05) is 26.0 Å². The number of amides is 1. The van der Waals surface area contributed by atoms with Crippen molar-refractivity contribution in [1.29, 1.82) is 5.26 Å². The average Bonchev–Trinajstić information content (AvgIpc) is 2.85. The molecule has 0 fully saturated rings. The van der Waals surface area contributed by atoms with Crippen LogP contribution in [0.5, 0.6) is 0 Å². The van der Waals surface area contributed by atoms with E-state index in [-0.39, 0.29) is 17.9 Å². The number of aryl methyl sites for hydroxylation is 1. The molecule has 1 amide bonds. The second-order valence-corrected chi connectivity index (χ2v) is 5.70. The summed E-state index contributed by atoms with van der Waals surface area (Å²) in [7, 11) is 0. The van der Waals surface area contributed by atoms with Crippen molar-refractivity contribution in [1.82, 2.24) is 0 Å². The maximum absolute atomic E-state index is 12.0. The fourth-order valence-corrected chi connectivity index (χ4v) is 2.99. The molecule has 1 aromatic rings. The van der Waals surface area contributed by atoms with E-state index in [1.54, 1.807) is 0 Å². The lowest BCUT2D eigenvalue weighted by atomic mass is 10.1. The Labute approximate surface area is 110 Å². The predicted octanol–water partition coefficient (Wildman–Crippen LogP) is 2.08. The first-order valence-corrected chi connectivity index (χ1v) is 6.59. The summed E-state index contributed by atoms with van der Waals surface area (Å²) in [4.78, 5) is 13.1. The molecule has 0 aliphatic heterocycles. The van der Waals surface area contributed by atoms with Crippen molar-refractivity contribution in [2.45, 2.75) is 26.3 Å². The highest BCUT2D eigenvalue weighted by Crippen LogP contribution is 2.32. The lowest BCUT2D eigenvalue weighted by Gasteiger charge is -2.09. The highest BCUT2D eigenvalue weighted by atomic mass is 32.1. The molecule has 18 heavy (non-hydrogen) atoms. The van der Waals surface area contributed by atoms with Gasteiger partial charge < -0.3 is 11.1 Å². The first kappa shape index (κ1) is 12.8. The molecule has 0 aromatic carbocycles. The molecule has 1 heterocycles. The van der Waals surface area contributed by atoms with Crippen LogP contribution in [-0.4, -0.2) is 11.9 Å². The number of nitrogens with zero attached hydrogens (tertiary/aromatic N) is 1. The fourth-order valence-electron chi connectivity index (χ4n) is 1.98. The van der Waals surface area contributed by atoms with Gasteiger partial charge in [-0.3, -0.25) is 4.79 Å². The van der Waals surface area contributed by atoms with Crippen LogP contribution in [-0.2, 0) is 4.79 Å². The third kappa shape index (κ3) is 2.30. The van der Waals surface area contributed by atoms with E-state index in [4.69, 9.17) is 11.0 Å². The Kier molecular flexibility index (Phi) is 3.50. The number of hydrogen-bond donors (Lipinski definition) is 2. The van der Waals surface area contributed by atoms with Crippen LogP contribution in [0, 0.1) is 31.1 Å². The standard InChI is InChI=1S/C13H15N3OS/c1-7-8(2)18-13(11(7)6-14)16-12(17)9-3-4-10(15)5-9/h3-4,9-10H,5,15H2,1-2H3,(H,16,17). The Bertz CT molecular complexity index is 553. The number of nitriles is 1. The molecule has 0 bridgehead atoms. The minimum Gasteiger partial charge on any atom is -0.324 e. The number of nitrogens with one attached hydrogen (secondary N) is 1. The van der Waals surface area contributed by atoms with Crippen molar-refractivity contribution in [3.05, 3.63) is 28.2 Å². The summed E-state index contributed by atoms with van der Waals surface area (Å²) in [5.74, 6) is -0.272. The first-order valence-electron chi connectivity index (χ1n) is 5.77. The molecule has 1 aliphatic carbocycles. The minimum absolute atomic E-state index is 0.0389. The first-order chi connectivity index (χ1) is 8.52. The van der Waals surface area contributed by atoms with Gasteiger partial charge in [0.25, 0.3) is 0 Å². The lowest BCUT2D eigenvalue weighted by molar-refractivity contribution is -0.118. The molecule has 0 radical (unpaired) electrons. The summed E-state index contributed by atoms with van der Waals surface area (Å²) in [6.45, 7) is 3.84. The molecule has 0 saturated heterocycles. The molecule has 0 saturated carbocycles. The molecule has 0 spiro atoms. The summed E-state index contributed by atoms with van der Waals surface area (Å²) in [5, 5.41) is 12.6. The smallest absolute Gasteiger partial charge is 0.232 e. The zero-order valence-corrected chi connectivity index (χ0v) is 11.2. The van der Waals surface area contributed by atoms with E-state index in [1.165, 1.54) is 11.3 Å². The molecule has 2 atom stereocenters. The van der Waals surface area contributed by atoms with Gasteiger partial charge in [-0.1, -0.05) is 12.2 Å². The van der Waals surface area contributed by atoms with E-state index in [0.29, 0.717) is 17.0 Å². The number of carbonyl (C=O) groups excluding carboxylic acids is 1. The minimum atomic E-state index is -0.186. The van der Waals surface area contributed by atoms with E-state index in [9.17, 15) is 4.79 Å². The van der Waals surface area contributed by atoms with Gasteiger partial charge in [0.15, 0.2) is 0 Å². The lowest BCUT2D eigenvalue weighted by Crippen LogP contribution is -2.23. The van der Waals surface area contributed by atoms with Crippen LogP contribution in [0.4, 0.5) is 5.00 Å². The number of anilines is 1. The maximum atomic E-state index is 12.0. The van der Waals surface area contributed by atoms with Crippen LogP contribution < -0.4 is 11.1 Å². The highest BCUT2D eigenvalue weighted by molar-refractivity contribution is 7.16. The maximum Gasteiger partial charge on any atom is 0.232 e. The molecular formula is C13H15N3OS. The number of hydrogen-bond acceptors (Lipinski definition) is 4. The predicted molar refractivity (Wildman–Crippen MR) is 72.4 cm³/mol. The molecule has 1 aliphatic rings. The van der Waals surface area contributed by atoms with Crippen molar-refractivity contribution >= 4 is 22.2 Å². The Morgan fingerprint density at radius 3 is 2.83 bits per heavy atom. The van der Waals surface area contributed by atoms with Gasteiger partial charge in [-0.2, -0.15) is 5.26 Å². The van der Waals surface area contributed by atoms with E-state index in [0.717, 1.165) is 10.4 Å². The number of rotatable bonds is 2. The SMILES string of the molecule is Cc1sc(NC(=O)C2C=CC(N)C2)c(C#N)c1C. The molecule has 4 nitrogen and oxygen atoms in total. The summed E-state index contributed by atoms with van der Waals surface area (Å²) < 4.78 is 0. The van der Waals surface area contributed by atoms with Crippen molar-refractivity contribution in [2.75, 3.05) is 5.32 Å². The summed E-state index contributed by atoms with van der Waals surface area (Å²) in [5.41, 5.74) is 7.23. The van der Waals surface area contributed by atoms with Gasteiger partial charge in [0.05, 0.1) is 11.5 Å². The zero-order chi connectivity index (χ0) is 13.3. The molecule has 1 aromatic heterocycles. The van der Waals surface area contributed by atoms with Crippen LogP contribution in [0.15, 0.2) is 12.2 Å². The van der Waals surface area contributed by atoms with Gasteiger partial charge in [-0.15, -0.1) is 11.3 Å². The van der Waals surface area contributed by atoms with Crippen molar-refractivity contribution in [3.63, 3.8) is 0 Å². The summed E-state index contributed by atoms with van der Waals surface area (Å²) in [6, 6.07) is 2.10. The van der Waals surface area contributed by atoms with Crippen molar-refractivity contribution in [2.24, 2.45) is 11.7 Å². The third-order valence-electron chi connectivity index (χ3n) is 3.19. The largest absolute Gasteiger partial charge is 0.324 e. The Morgan fingerprint density at radius 1 is 1.56 bits per heavy atom. The Balaban J connectivity index is 2.15. The number of thiophene rings is 1. The topological polar surface area (TPSA) is 78.9 Å². The van der Waals surface area contributed by atoms with Crippen LogP contribution in [0.3, 0.4) is 0 Å². The van der Waals surface area contributed by atoms with Gasteiger partial charge >= 0.3 is 0 Å².